The maximum atomic E-state index is 2.62. The van der Waals surface area contributed by atoms with Gasteiger partial charge >= 0.3 is 0 Å². The van der Waals surface area contributed by atoms with E-state index in [1.54, 1.807) is 42.3 Å². The molecule has 4 rings (SSSR count). The van der Waals surface area contributed by atoms with E-state index >= 15 is 0 Å². The summed E-state index contributed by atoms with van der Waals surface area (Å²) in [5.74, 6) is 0. The lowest BCUT2D eigenvalue weighted by atomic mass is 10.1. The molecule has 0 nitrogen and oxygen atoms in total. The number of rotatable bonds is 7. The molecular formula is C42H64Si4. The SMILES string of the molecule is CC1=C(C)C([Si](c2c(C)cc([Si](C)(C)C)cc2C)(c2c(C)cc([Si](C)(C)C)cc2C)c2c(C)cc([Si](C)(C)C)cc2C)C(C)=C1C. The van der Waals surface area contributed by atoms with Crippen LogP contribution in [-0.4, -0.2) is 32.3 Å². The van der Waals surface area contributed by atoms with Crippen LogP contribution in [-0.2, 0) is 0 Å². The molecule has 0 amide bonds. The molecule has 0 spiro atoms. The van der Waals surface area contributed by atoms with Crippen molar-refractivity contribution in [3.8, 4) is 0 Å². The summed E-state index contributed by atoms with van der Waals surface area (Å²) in [4.78, 5) is 0. The third-order valence-corrected chi connectivity index (χ3v) is 23.9. The van der Waals surface area contributed by atoms with Crippen LogP contribution in [0.2, 0.25) is 64.5 Å². The molecule has 0 aliphatic heterocycles. The van der Waals surface area contributed by atoms with Gasteiger partial charge in [-0.3, -0.25) is 0 Å². The van der Waals surface area contributed by atoms with Crippen LogP contribution >= 0.6 is 0 Å². The Balaban J connectivity index is 2.41. The molecule has 3 aromatic carbocycles. The fourth-order valence-corrected chi connectivity index (χ4v) is 20.3. The van der Waals surface area contributed by atoms with Gasteiger partial charge in [0.1, 0.15) is 0 Å². The molecule has 0 heterocycles. The predicted molar refractivity (Wildman–Crippen MR) is 222 cm³/mol. The van der Waals surface area contributed by atoms with Gasteiger partial charge in [0.2, 0.25) is 0 Å². The van der Waals surface area contributed by atoms with Gasteiger partial charge in [-0.05, 0) is 95.9 Å². The highest BCUT2D eigenvalue weighted by Gasteiger charge is 2.54. The second kappa shape index (κ2) is 12.2. The third-order valence-electron chi connectivity index (χ3n) is 11.4. The van der Waals surface area contributed by atoms with E-state index in [1.807, 2.05) is 0 Å². The zero-order chi connectivity index (χ0) is 35.1. The Labute approximate surface area is 287 Å². The van der Waals surface area contributed by atoms with Gasteiger partial charge in [-0.25, -0.2) is 0 Å². The number of aryl methyl sites for hydroxylation is 6. The Morgan fingerprint density at radius 2 is 0.543 bits per heavy atom. The minimum absolute atomic E-state index is 0.382. The lowest BCUT2D eigenvalue weighted by Gasteiger charge is -2.46. The first-order valence-electron chi connectivity index (χ1n) is 17.6. The van der Waals surface area contributed by atoms with E-state index in [2.05, 4.69) is 165 Å². The van der Waals surface area contributed by atoms with Crippen molar-refractivity contribution in [3.05, 3.63) is 92.1 Å². The van der Waals surface area contributed by atoms with Gasteiger partial charge in [0, 0.05) is 5.54 Å². The van der Waals surface area contributed by atoms with Gasteiger partial charge in [0.05, 0.1) is 24.2 Å². The average Bonchev–Trinajstić information content (AvgIpc) is 3.07. The van der Waals surface area contributed by atoms with Gasteiger partial charge < -0.3 is 0 Å². The molecule has 0 atom stereocenters. The molecule has 3 aromatic rings. The summed E-state index contributed by atoms with van der Waals surface area (Å²) in [5.41, 5.74) is 15.6. The smallest absolute Gasteiger partial charge is 0.0656 e. The van der Waals surface area contributed by atoms with Crippen LogP contribution in [0.4, 0.5) is 0 Å². The quantitative estimate of drug-likeness (QED) is 0.173. The standard InChI is InChI=1S/C42H64Si4/c1-26-20-36(43(11,12)13)21-27(2)39(26)46(42-34(9)32(7)33(8)35(42)10,40-28(3)22-37(23-29(40)4)44(14,15)16)41-30(5)24-38(25-31(41)6)45(17,18)19/h20-25,42H,1-19H3. The second-order valence-corrected chi connectivity index (χ2v) is 37.0. The molecule has 0 bridgehead atoms. The summed E-state index contributed by atoms with van der Waals surface area (Å²) < 4.78 is 0. The Kier molecular flexibility index (Phi) is 9.74. The summed E-state index contributed by atoms with van der Waals surface area (Å²) in [6, 6.07) is 15.7. The van der Waals surface area contributed by atoms with E-state index in [-0.39, 0.29) is 0 Å². The van der Waals surface area contributed by atoms with E-state index < -0.39 is 32.3 Å². The first-order chi connectivity index (χ1) is 20.9. The molecule has 248 valence electrons. The van der Waals surface area contributed by atoms with E-state index in [9.17, 15) is 0 Å². The molecular weight excluding hydrogens is 617 g/mol. The molecule has 1 aliphatic rings. The first-order valence-corrected chi connectivity index (χ1v) is 30.2. The molecule has 0 unspecified atom stereocenters. The lowest BCUT2D eigenvalue weighted by molar-refractivity contribution is 1.08. The van der Waals surface area contributed by atoms with Crippen LogP contribution in [0, 0.1) is 41.5 Å². The number of benzene rings is 3. The van der Waals surface area contributed by atoms with Crippen molar-refractivity contribution in [3.63, 3.8) is 0 Å². The summed E-state index contributed by atoms with van der Waals surface area (Å²) in [7, 11) is -7.32. The molecule has 1 aliphatic carbocycles. The van der Waals surface area contributed by atoms with Crippen molar-refractivity contribution >= 4 is 63.4 Å². The first kappa shape index (κ1) is 36.8. The van der Waals surface area contributed by atoms with E-state index in [0.717, 1.165) is 0 Å². The Morgan fingerprint density at radius 3 is 0.717 bits per heavy atom. The Bertz CT molecular complexity index is 1520. The number of hydrogen-bond acceptors (Lipinski definition) is 0. The van der Waals surface area contributed by atoms with E-state index in [1.165, 1.54) is 44.5 Å². The van der Waals surface area contributed by atoms with Crippen molar-refractivity contribution in [2.45, 2.75) is 134 Å². The van der Waals surface area contributed by atoms with Crippen LogP contribution in [0.15, 0.2) is 58.7 Å². The van der Waals surface area contributed by atoms with E-state index in [4.69, 9.17) is 0 Å². The van der Waals surface area contributed by atoms with Crippen LogP contribution in [0.5, 0.6) is 0 Å². The van der Waals surface area contributed by atoms with Crippen LogP contribution in [0.3, 0.4) is 0 Å². The van der Waals surface area contributed by atoms with Crippen molar-refractivity contribution < 1.29 is 0 Å². The molecule has 0 aromatic heterocycles. The van der Waals surface area contributed by atoms with Crippen LogP contribution in [0.1, 0.15) is 61.1 Å². The highest BCUT2D eigenvalue weighted by Crippen LogP contribution is 2.47. The molecule has 0 saturated carbocycles. The molecule has 4 heteroatoms. The molecule has 46 heavy (non-hydrogen) atoms. The lowest BCUT2D eigenvalue weighted by Crippen LogP contribution is -2.74. The van der Waals surface area contributed by atoms with Gasteiger partial charge in [0.25, 0.3) is 0 Å². The van der Waals surface area contributed by atoms with Crippen molar-refractivity contribution in [1.82, 2.24) is 0 Å². The maximum Gasteiger partial charge on any atom is 0.161 e. The van der Waals surface area contributed by atoms with Crippen molar-refractivity contribution in [2.24, 2.45) is 0 Å². The van der Waals surface area contributed by atoms with Gasteiger partial charge in [-0.1, -0.05) is 155 Å². The minimum atomic E-state index is -2.78. The monoisotopic (exact) mass is 680 g/mol. The summed E-state index contributed by atoms with van der Waals surface area (Å²) >= 11 is 0. The van der Waals surface area contributed by atoms with Crippen molar-refractivity contribution in [2.75, 3.05) is 0 Å². The Morgan fingerprint density at radius 1 is 0.348 bits per heavy atom. The average molecular weight is 681 g/mol. The van der Waals surface area contributed by atoms with E-state index in [0.29, 0.717) is 5.54 Å². The summed E-state index contributed by atoms with van der Waals surface area (Å²) in [6.07, 6.45) is 0. The molecule has 0 saturated heterocycles. The normalized spacial score (nSPS) is 15.5. The molecule has 0 radical (unpaired) electrons. The summed E-state index contributed by atoms with van der Waals surface area (Å²) in [6.45, 7) is 47.0. The highest BCUT2D eigenvalue weighted by atomic mass is 28.3. The molecule has 0 N–H and O–H groups in total. The van der Waals surface area contributed by atoms with Gasteiger partial charge in [-0.2, -0.15) is 0 Å². The minimum Gasteiger partial charge on any atom is -0.0656 e. The zero-order valence-electron chi connectivity index (χ0n) is 33.0. The summed E-state index contributed by atoms with van der Waals surface area (Å²) in [5, 5.41) is 9.74. The fourth-order valence-electron chi connectivity index (χ4n) is 8.86. The predicted octanol–water partition coefficient (Wildman–Crippen LogP) is 8.70. The number of hydrogen-bond donors (Lipinski definition) is 0. The number of allylic oxidation sites excluding steroid dienone is 4. The highest BCUT2D eigenvalue weighted by molar-refractivity contribution is 7.14. The van der Waals surface area contributed by atoms with Crippen molar-refractivity contribution in [1.29, 1.82) is 0 Å². The van der Waals surface area contributed by atoms with Gasteiger partial charge in [0.15, 0.2) is 8.07 Å². The third kappa shape index (κ3) is 6.06. The Hall–Kier alpha value is -1.99. The van der Waals surface area contributed by atoms with Crippen LogP contribution in [0.25, 0.3) is 0 Å². The largest absolute Gasteiger partial charge is 0.161 e. The fraction of sp³-hybridized carbons (Fsp3) is 0.476. The zero-order valence-corrected chi connectivity index (χ0v) is 37.0. The van der Waals surface area contributed by atoms with Gasteiger partial charge in [-0.15, -0.1) is 0 Å². The second-order valence-electron chi connectivity index (χ2n) is 18.1. The maximum absolute atomic E-state index is 2.78. The van der Waals surface area contributed by atoms with Crippen LogP contribution < -0.4 is 31.1 Å². The molecule has 0 fully saturated rings. The topological polar surface area (TPSA) is 0 Å².